The predicted octanol–water partition coefficient (Wildman–Crippen LogP) is 2.43. The molecule has 17 heavy (non-hydrogen) atoms. The highest BCUT2D eigenvalue weighted by Crippen LogP contribution is 2.27. The molecule has 1 aromatic carbocycles. The van der Waals surface area contributed by atoms with Crippen LogP contribution >= 0.6 is 0 Å². The van der Waals surface area contributed by atoms with Crippen LogP contribution in [-0.2, 0) is 9.47 Å². The lowest BCUT2D eigenvalue weighted by Crippen LogP contribution is -2.12. The Hall–Kier alpha value is -2.22. The molecule has 0 bridgehead atoms. The lowest BCUT2D eigenvalue weighted by molar-refractivity contribution is 0.0415. The van der Waals surface area contributed by atoms with E-state index in [9.17, 15) is 4.79 Å². The number of hydrogen-bond donors (Lipinski definition) is 0. The van der Waals surface area contributed by atoms with Crippen molar-refractivity contribution in [1.82, 2.24) is 0 Å². The summed E-state index contributed by atoms with van der Waals surface area (Å²) in [4.78, 5) is 11.1. The number of benzene rings is 1. The minimum atomic E-state index is -1.04. The summed E-state index contributed by atoms with van der Waals surface area (Å²) in [6.45, 7) is 1.86. The molecule has 0 spiro atoms. The van der Waals surface area contributed by atoms with E-state index in [4.69, 9.17) is 14.7 Å². The first-order valence-corrected chi connectivity index (χ1v) is 5.08. The van der Waals surface area contributed by atoms with Gasteiger partial charge in [-0.25, -0.2) is 4.79 Å². The number of nitrogens with zero attached hydrogens (tertiary/aromatic N) is 1. The van der Waals surface area contributed by atoms with E-state index in [0.29, 0.717) is 11.3 Å². The van der Waals surface area contributed by atoms with Gasteiger partial charge in [-0.15, -0.1) is 0 Å². The van der Waals surface area contributed by atoms with Crippen LogP contribution in [0.4, 0.5) is 4.79 Å². The van der Waals surface area contributed by atoms with Crippen molar-refractivity contribution < 1.29 is 19.0 Å². The van der Waals surface area contributed by atoms with E-state index >= 15 is 0 Å². The van der Waals surface area contributed by atoms with E-state index in [2.05, 4.69) is 4.74 Å². The normalized spacial score (nSPS) is 11.1. The quantitative estimate of drug-likeness (QED) is 0.749. The van der Waals surface area contributed by atoms with E-state index < -0.39 is 12.3 Å². The third kappa shape index (κ3) is 3.38. The number of ether oxygens (including phenoxy) is 3. The summed E-state index contributed by atoms with van der Waals surface area (Å²) in [6.07, 6.45) is -1.91. The Morgan fingerprint density at radius 2 is 2.18 bits per heavy atom. The Morgan fingerprint density at radius 1 is 1.47 bits per heavy atom. The van der Waals surface area contributed by atoms with E-state index in [-0.39, 0.29) is 6.61 Å². The number of hydrogen-bond acceptors (Lipinski definition) is 5. The number of carbonyl (C=O) groups excluding carboxylic acids is 1. The van der Waals surface area contributed by atoms with Gasteiger partial charge in [0.15, 0.2) is 0 Å². The minimum Gasteiger partial charge on any atom is -0.496 e. The first-order valence-electron chi connectivity index (χ1n) is 5.08. The molecule has 0 saturated heterocycles. The van der Waals surface area contributed by atoms with Gasteiger partial charge in [-0.1, -0.05) is 18.2 Å². The topological polar surface area (TPSA) is 68.5 Å². The van der Waals surface area contributed by atoms with Crippen molar-refractivity contribution in [3.63, 3.8) is 0 Å². The maximum atomic E-state index is 11.1. The monoisotopic (exact) mass is 235 g/mol. The van der Waals surface area contributed by atoms with Crippen LogP contribution in [-0.4, -0.2) is 19.9 Å². The van der Waals surface area contributed by atoms with Gasteiger partial charge in [-0.3, -0.25) is 0 Å². The molecule has 0 aliphatic rings. The zero-order chi connectivity index (χ0) is 12.7. The second kappa shape index (κ2) is 6.38. The molecule has 0 aromatic heterocycles. The highest BCUT2D eigenvalue weighted by molar-refractivity contribution is 5.61. The number of nitriles is 1. The second-order valence-corrected chi connectivity index (χ2v) is 3.05. The van der Waals surface area contributed by atoms with Gasteiger partial charge >= 0.3 is 6.16 Å². The first kappa shape index (κ1) is 12.8. The van der Waals surface area contributed by atoms with E-state index in [1.807, 2.05) is 6.07 Å². The first-order chi connectivity index (χ1) is 8.22. The molecular formula is C12H13NO4. The number of methoxy groups -OCH3 is 1. The Kier molecular flexibility index (Phi) is 4.82. The Morgan fingerprint density at radius 3 is 2.76 bits per heavy atom. The van der Waals surface area contributed by atoms with Gasteiger partial charge in [-0.2, -0.15) is 5.26 Å². The molecule has 90 valence electrons. The van der Waals surface area contributed by atoms with E-state index in [1.54, 1.807) is 31.2 Å². The van der Waals surface area contributed by atoms with Gasteiger partial charge in [0.05, 0.1) is 13.7 Å². The van der Waals surface area contributed by atoms with E-state index in [1.165, 1.54) is 7.11 Å². The Labute approximate surface area is 99.5 Å². The largest absolute Gasteiger partial charge is 0.509 e. The summed E-state index contributed by atoms with van der Waals surface area (Å²) in [5.74, 6) is 0.489. The predicted molar refractivity (Wildman–Crippen MR) is 59.5 cm³/mol. The molecule has 5 heteroatoms. The van der Waals surface area contributed by atoms with Crippen LogP contribution in [0.15, 0.2) is 24.3 Å². The average Bonchev–Trinajstić information content (AvgIpc) is 2.36. The zero-order valence-corrected chi connectivity index (χ0v) is 9.67. The minimum absolute atomic E-state index is 0.197. The maximum Gasteiger partial charge on any atom is 0.509 e. The molecule has 0 N–H and O–H groups in total. The van der Waals surface area contributed by atoms with Gasteiger partial charge in [0.2, 0.25) is 6.10 Å². The summed E-state index contributed by atoms with van der Waals surface area (Å²) in [6, 6.07) is 8.72. The molecule has 0 radical (unpaired) electrons. The van der Waals surface area contributed by atoms with E-state index in [0.717, 1.165) is 0 Å². The highest BCUT2D eigenvalue weighted by atomic mass is 16.7. The van der Waals surface area contributed by atoms with Gasteiger partial charge in [0, 0.05) is 5.56 Å². The summed E-state index contributed by atoms with van der Waals surface area (Å²) in [5, 5.41) is 8.98. The maximum absolute atomic E-state index is 11.1. The molecule has 0 saturated carbocycles. The van der Waals surface area contributed by atoms with Crippen molar-refractivity contribution in [2.24, 2.45) is 0 Å². The van der Waals surface area contributed by atoms with Crippen LogP contribution in [0.1, 0.15) is 18.6 Å². The van der Waals surface area contributed by atoms with Gasteiger partial charge < -0.3 is 14.2 Å². The molecule has 5 nitrogen and oxygen atoms in total. The number of para-hydroxylation sites is 1. The van der Waals surface area contributed by atoms with Gasteiger partial charge in [0.1, 0.15) is 11.8 Å². The second-order valence-electron chi connectivity index (χ2n) is 3.05. The lowest BCUT2D eigenvalue weighted by atomic mass is 10.1. The van der Waals surface area contributed by atoms with Crippen LogP contribution in [0.3, 0.4) is 0 Å². The van der Waals surface area contributed by atoms with Gasteiger partial charge in [0.25, 0.3) is 0 Å². The van der Waals surface area contributed by atoms with Crippen LogP contribution in [0.2, 0.25) is 0 Å². The lowest BCUT2D eigenvalue weighted by Gasteiger charge is -2.13. The fraction of sp³-hybridized carbons (Fsp3) is 0.333. The van der Waals surface area contributed by atoms with Crippen molar-refractivity contribution >= 4 is 6.16 Å². The third-order valence-electron chi connectivity index (χ3n) is 2.01. The molecule has 1 rings (SSSR count). The fourth-order valence-electron chi connectivity index (χ4n) is 1.29. The summed E-state index contributed by atoms with van der Waals surface area (Å²) < 4.78 is 14.6. The van der Waals surface area contributed by atoms with Crippen LogP contribution in [0.5, 0.6) is 5.75 Å². The molecule has 0 unspecified atom stereocenters. The fourth-order valence-corrected chi connectivity index (χ4v) is 1.29. The van der Waals surface area contributed by atoms with Crippen LogP contribution in [0, 0.1) is 11.3 Å². The molecular weight excluding hydrogens is 222 g/mol. The standard InChI is InChI=1S/C12H13NO4/c1-3-16-12(14)17-11(8-13)9-6-4-5-7-10(9)15-2/h4-7,11H,3H2,1-2H3/t11-/m1/s1. The summed E-state index contributed by atoms with van der Waals surface area (Å²) >= 11 is 0. The molecule has 0 amide bonds. The van der Waals surface area contributed by atoms with Crippen molar-refractivity contribution in [2.45, 2.75) is 13.0 Å². The number of carbonyl (C=O) groups is 1. The van der Waals surface area contributed by atoms with Crippen molar-refractivity contribution in [3.05, 3.63) is 29.8 Å². The summed E-state index contributed by atoms with van der Waals surface area (Å²) in [7, 11) is 1.48. The SMILES string of the molecule is CCOC(=O)O[C@H](C#N)c1ccccc1OC. The van der Waals surface area contributed by atoms with Crippen molar-refractivity contribution in [1.29, 1.82) is 5.26 Å². The third-order valence-corrected chi connectivity index (χ3v) is 2.01. The highest BCUT2D eigenvalue weighted by Gasteiger charge is 2.20. The molecule has 0 aliphatic heterocycles. The smallest absolute Gasteiger partial charge is 0.496 e. The van der Waals surface area contributed by atoms with Crippen molar-refractivity contribution in [2.75, 3.05) is 13.7 Å². The Bertz CT molecular complexity index is 425. The average molecular weight is 235 g/mol. The molecule has 0 aliphatic carbocycles. The summed E-state index contributed by atoms with van der Waals surface area (Å²) in [5.41, 5.74) is 0.491. The number of rotatable bonds is 4. The zero-order valence-electron chi connectivity index (χ0n) is 9.67. The molecule has 0 heterocycles. The van der Waals surface area contributed by atoms with Crippen LogP contribution < -0.4 is 4.74 Å². The van der Waals surface area contributed by atoms with Gasteiger partial charge in [-0.05, 0) is 13.0 Å². The van der Waals surface area contributed by atoms with Crippen molar-refractivity contribution in [3.8, 4) is 11.8 Å². The molecule has 1 atom stereocenters. The molecule has 0 fully saturated rings. The molecule has 1 aromatic rings. The van der Waals surface area contributed by atoms with Crippen LogP contribution in [0.25, 0.3) is 0 Å². The Balaban J connectivity index is 2.87.